The lowest BCUT2D eigenvalue weighted by Crippen LogP contribution is -2.46. The molecular weight excluding hydrogens is 869 g/mol. The Morgan fingerprint density at radius 3 is 2.40 bits per heavy atom. The number of nitrogens with zero attached hydrogens (tertiary/aromatic N) is 2. The zero-order chi connectivity index (χ0) is 49.3. The quantitative estimate of drug-likeness (QED) is 0.0198. The number of carbonyl (C=O) groups excluding carboxylic acids is 3. The molecular formula is C49H63N4O14+. The van der Waals surface area contributed by atoms with Gasteiger partial charge in [0.1, 0.15) is 34.3 Å². The monoisotopic (exact) mass is 931 g/mol. The van der Waals surface area contributed by atoms with Gasteiger partial charge in [0, 0.05) is 73.6 Å². The van der Waals surface area contributed by atoms with Crippen molar-refractivity contribution in [1.82, 2.24) is 4.98 Å². The van der Waals surface area contributed by atoms with Gasteiger partial charge in [0.05, 0.1) is 62.8 Å². The molecule has 67 heavy (non-hydrogen) atoms. The number of rotatable bonds is 9. The SMILES string of the molecule is CO[C@H]1/C=C/O[C@@]2(C)Oc3c(C)c(=O)c4c(O)c(c5oc6cc(OCCC[N+](C)(C)CON)ccc6nc5c4c3C2=O)NC(=O)/C(C)=C\C=C\[C@H](C)[C@H](O)[C@@H](C)[C@@H](O)[C@@H](C)[C@H](OC(C)=O)[C@@H]1C. The zero-order valence-electron chi connectivity index (χ0n) is 39.9. The molecule has 2 aliphatic rings. The number of ketones is 1. The van der Waals surface area contributed by atoms with Crippen LogP contribution in [-0.2, 0) is 28.6 Å². The Hall–Kier alpha value is -5.89. The normalized spacial score (nSPS) is 28.2. The van der Waals surface area contributed by atoms with E-state index in [2.05, 4.69) is 5.32 Å². The maximum absolute atomic E-state index is 14.7. The molecule has 18 heteroatoms. The third-order valence-corrected chi connectivity index (χ3v) is 12.9. The van der Waals surface area contributed by atoms with Crippen molar-refractivity contribution in [2.24, 2.45) is 29.6 Å². The average molecular weight is 932 g/mol. The minimum Gasteiger partial charge on any atom is -0.505 e. The average Bonchev–Trinajstić information content (AvgIpc) is 3.55. The number of nitrogens with one attached hydrogen (secondary N) is 1. The number of nitrogens with two attached hydrogens (primary N) is 1. The summed E-state index contributed by atoms with van der Waals surface area (Å²) >= 11 is 0. The fourth-order valence-electron chi connectivity index (χ4n) is 8.82. The van der Waals surface area contributed by atoms with E-state index >= 15 is 0 Å². The van der Waals surface area contributed by atoms with Gasteiger partial charge in [-0.2, -0.15) is 0 Å². The van der Waals surface area contributed by atoms with Crippen molar-refractivity contribution in [3.05, 3.63) is 75.7 Å². The van der Waals surface area contributed by atoms with Gasteiger partial charge in [-0.15, -0.1) is 0 Å². The van der Waals surface area contributed by atoms with Crippen LogP contribution in [-0.4, -0.2) is 114 Å². The van der Waals surface area contributed by atoms with Gasteiger partial charge in [-0.3, -0.25) is 19.2 Å². The number of carbonyl (C=O) groups is 3. The van der Waals surface area contributed by atoms with Crippen LogP contribution in [0.1, 0.15) is 70.8 Å². The van der Waals surface area contributed by atoms with Crippen molar-refractivity contribution < 1.29 is 67.1 Å². The first kappa shape index (κ1) is 50.5. The molecule has 362 valence electrons. The highest BCUT2D eigenvalue weighted by Crippen LogP contribution is 2.48. The predicted octanol–water partition coefficient (Wildman–Crippen LogP) is 5.69. The third kappa shape index (κ3) is 10.2. The van der Waals surface area contributed by atoms with Crippen LogP contribution >= 0.6 is 0 Å². The minimum atomic E-state index is -2.06. The molecule has 0 aliphatic carbocycles. The molecule has 2 aliphatic heterocycles. The summed E-state index contributed by atoms with van der Waals surface area (Å²) in [6.07, 6.45) is 4.21. The summed E-state index contributed by atoms with van der Waals surface area (Å²) in [4.78, 5) is 65.2. The van der Waals surface area contributed by atoms with E-state index in [0.717, 1.165) is 0 Å². The number of esters is 1. The van der Waals surface area contributed by atoms with Gasteiger partial charge in [0.25, 0.3) is 11.7 Å². The van der Waals surface area contributed by atoms with E-state index in [1.165, 1.54) is 53.2 Å². The lowest BCUT2D eigenvalue weighted by Gasteiger charge is -2.38. The van der Waals surface area contributed by atoms with Crippen LogP contribution in [0.4, 0.5) is 5.69 Å². The molecule has 0 saturated carbocycles. The number of hydrogen-bond acceptors (Lipinski definition) is 16. The van der Waals surface area contributed by atoms with E-state index in [-0.39, 0.29) is 55.6 Å². The Kier molecular flexibility index (Phi) is 15.2. The number of phenolic OH excluding ortho intramolecular Hbond substituents is 1. The summed E-state index contributed by atoms with van der Waals surface area (Å²) in [5.74, 6) is -1.64. The van der Waals surface area contributed by atoms with Gasteiger partial charge in [0.2, 0.25) is 6.73 Å². The van der Waals surface area contributed by atoms with Crippen LogP contribution < -0.4 is 26.1 Å². The Morgan fingerprint density at radius 2 is 1.73 bits per heavy atom. The van der Waals surface area contributed by atoms with Crippen LogP contribution in [0.25, 0.3) is 33.0 Å². The van der Waals surface area contributed by atoms with Crippen molar-refractivity contribution in [3.8, 4) is 17.2 Å². The second-order valence-corrected chi connectivity index (χ2v) is 18.5. The maximum Gasteiger partial charge on any atom is 0.312 e. The molecule has 18 nitrogen and oxygen atoms in total. The van der Waals surface area contributed by atoms with Crippen molar-refractivity contribution in [3.63, 3.8) is 0 Å². The van der Waals surface area contributed by atoms with Crippen LogP contribution in [0, 0.1) is 30.6 Å². The summed E-state index contributed by atoms with van der Waals surface area (Å²) in [7, 11) is 5.39. The van der Waals surface area contributed by atoms with Crippen LogP contribution in [0.3, 0.4) is 0 Å². The van der Waals surface area contributed by atoms with Gasteiger partial charge in [-0.05, 0) is 32.1 Å². The number of Topliss-reactive ketones (excluding diaryl/α,β-unsaturated/α-hetero) is 1. The maximum atomic E-state index is 14.7. The number of anilines is 1. The highest BCUT2D eigenvalue weighted by atomic mass is 16.7. The Bertz CT molecular complexity index is 2710. The number of benzene rings is 3. The second-order valence-electron chi connectivity index (χ2n) is 18.5. The molecule has 9 atom stereocenters. The Labute approximate surface area is 388 Å². The molecule has 0 spiro atoms. The molecule has 0 unspecified atom stereocenters. The summed E-state index contributed by atoms with van der Waals surface area (Å²) in [6, 6.07) is 4.95. The standard InChI is InChI=1S/C49H62N4O14/c1-24-14-12-15-25(2)48(60)52-39-43(58)36-35(38-46(39)66-34-22-31(16-17-32(34)51-38)62-20-13-19-53(9,10)23-64-50)37-45(29(6)42(36)57)67-49(8,47(37)59)63-21-18-33(61-11)26(3)44(65-30(7)54)28(5)41(56)27(4)40(24)55/h12,14-18,21-22,24,26-28,33,40-41,44,55-56H,13,19-20,23,50H2,1-11H3,(H-,51,52,57,58,59,60)/p+1/b14-12+,21-18+,25-15-/t24-,26+,27+,28+,33-,40-,41+,44+,49-/m0/s1. The minimum absolute atomic E-state index is 0.0197. The van der Waals surface area contributed by atoms with Crippen molar-refractivity contribution in [2.75, 3.05) is 46.4 Å². The lowest BCUT2D eigenvalue weighted by molar-refractivity contribution is -0.910. The molecule has 0 saturated heterocycles. The number of allylic oxidation sites excluding steroid dienone is 2. The molecule has 1 aromatic heterocycles. The van der Waals surface area contributed by atoms with Gasteiger partial charge < -0.3 is 53.2 Å². The molecule has 3 heterocycles. The molecule has 4 bridgehead atoms. The molecule has 1 amide bonds. The van der Waals surface area contributed by atoms with Gasteiger partial charge in [-0.1, -0.05) is 45.9 Å². The molecule has 0 radical (unpaired) electrons. The second kappa shape index (κ2) is 20.1. The van der Waals surface area contributed by atoms with Crippen LogP contribution in [0.2, 0.25) is 0 Å². The third-order valence-electron chi connectivity index (χ3n) is 12.9. The number of aromatic nitrogens is 1. The number of amides is 1. The van der Waals surface area contributed by atoms with Crippen LogP contribution in [0.15, 0.2) is 63.6 Å². The number of fused-ring (bicyclic) bond motifs is 2. The fraction of sp³-hybridized carbons (Fsp3) is 0.490. The van der Waals surface area contributed by atoms with E-state index in [1.807, 2.05) is 14.1 Å². The summed E-state index contributed by atoms with van der Waals surface area (Å²) in [5.41, 5.74) is -0.656. The first-order valence-electron chi connectivity index (χ1n) is 22.2. The van der Waals surface area contributed by atoms with E-state index < -0.39 is 82.7 Å². The number of hydrogen-bond donors (Lipinski definition) is 5. The number of aliphatic hydroxyl groups excluding tert-OH is 2. The molecule has 6 N–H and O–H groups in total. The number of phenols is 1. The molecule has 3 aromatic carbocycles. The topological polar surface area (TPSA) is 248 Å². The van der Waals surface area contributed by atoms with Gasteiger partial charge in [-0.25, -0.2) is 15.7 Å². The molecule has 0 fully saturated rings. The van der Waals surface area contributed by atoms with E-state index in [4.69, 9.17) is 43.8 Å². The highest BCUT2D eigenvalue weighted by molar-refractivity contribution is 6.26. The lowest BCUT2D eigenvalue weighted by atomic mass is 9.78. The first-order valence-corrected chi connectivity index (χ1v) is 22.2. The van der Waals surface area contributed by atoms with Crippen LogP contribution in [0.5, 0.6) is 17.2 Å². The van der Waals surface area contributed by atoms with Crippen molar-refractivity contribution >= 4 is 56.3 Å². The van der Waals surface area contributed by atoms with Gasteiger partial charge in [0.15, 0.2) is 22.3 Å². The number of aromatic hydroxyl groups is 1. The fourth-order valence-corrected chi connectivity index (χ4v) is 8.82. The van der Waals surface area contributed by atoms with Crippen molar-refractivity contribution in [2.45, 2.75) is 92.0 Å². The smallest absolute Gasteiger partial charge is 0.312 e. The Balaban J connectivity index is 1.53. The number of methoxy groups -OCH3 is 1. The number of aliphatic hydroxyl groups is 2. The largest absolute Gasteiger partial charge is 0.505 e. The van der Waals surface area contributed by atoms with Crippen molar-refractivity contribution in [1.29, 1.82) is 0 Å². The highest BCUT2D eigenvalue weighted by Gasteiger charge is 2.49. The number of quaternary nitrogens is 1. The number of ether oxygens (including phenoxy) is 5. The van der Waals surface area contributed by atoms with E-state index in [1.54, 1.807) is 58.0 Å². The van der Waals surface area contributed by atoms with Gasteiger partial charge >= 0.3 is 11.8 Å². The summed E-state index contributed by atoms with van der Waals surface area (Å²) < 4.78 is 36.9. The summed E-state index contributed by atoms with van der Waals surface area (Å²) in [6.45, 7) is 13.9. The first-order chi connectivity index (χ1) is 31.5. The Morgan fingerprint density at radius 1 is 1.01 bits per heavy atom. The zero-order valence-corrected chi connectivity index (χ0v) is 39.9. The molecule has 6 rings (SSSR count). The molecule has 4 aromatic rings. The predicted molar refractivity (Wildman–Crippen MR) is 249 cm³/mol. The van der Waals surface area contributed by atoms with E-state index in [9.17, 15) is 34.5 Å². The van der Waals surface area contributed by atoms with E-state index in [0.29, 0.717) is 42.1 Å². The summed E-state index contributed by atoms with van der Waals surface area (Å²) in [5, 5.41) is 37.5.